The number of carbonyl (C=O) groups is 1. The number of ether oxygens (including phenoxy) is 2. The van der Waals surface area contributed by atoms with Crippen molar-refractivity contribution in [2.75, 3.05) is 12.8 Å². The molecule has 1 atom stereocenters. The quantitative estimate of drug-likeness (QED) is 0.517. The van der Waals surface area contributed by atoms with Crippen LogP contribution in [0, 0.1) is 0 Å². The van der Waals surface area contributed by atoms with Gasteiger partial charge in [0.15, 0.2) is 0 Å². The number of carbonyl (C=O) groups excluding carboxylic acids is 1. The molecule has 2 N–H and O–H groups in total. The van der Waals surface area contributed by atoms with Gasteiger partial charge in [-0.05, 0) is 35.9 Å². The third kappa shape index (κ3) is 2.20. The summed E-state index contributed by atoms with van der Waals surface area (Å²) in [4.78, 5) is 11.7. The van der Waals surface area contributed by atoms with Crippen LogP contribution in [0.4, 0.5) is 5.69 Å². The molecule has 2 aromatic carbocycles. The second kappa shape index (κ2) is 4.89. The molecular weight excluding hydrogens is 254 g/mol. The van der Waals surface area contributed by atoms with E-state index in [1.807, 2.05) is 30.3 Å². The van der Waals surface area contributed by atoms with E-state index in [0.717, 1.165) is 16.9 Å². The minimum Gasteiger partial charge on any atom is -0.497 e. The van der Waals surface area contributed by atoms with Gasteiger partial charge in [0.2, 0.25) is 0 Å². The molecule has 0 unspecified atom stereocenters. The third-order valence-electron chi connectivity index (χ3n) is 3.52. The summed E-state index contributed by atoms with van der Waals surface area (Å²) in [5.41, 5.74) is 8.51. The van der Waals surface area contributed by atoms with Crippen LogP contribution in [-0.2, 0) is 4.79 Å². The van der Waals surface area contributed by atoms with Crippen molar-refractivity contribution in [2.45, 2.75) is 12.3 Å². The van der Waals surface area contributed by atoms with E-state index in [2.05, 4.69) is 0 Å². The Bertz CT molecular complexity index is 649. The second-order valence-electron chi connectivity index (χ2n) is 4.80. The Morgan fingerprint density at radius 2 is 1.95 bits per heavy atom. The van der Waals surface area contributed by atoms with Gasteiger partial charge in [-0.2, -0.15) is 0 Å². The zero-order valence-electron chi connectivity index (χ0n) is 11.1. The van der Waals surface area contributed by atoms with Gasteiger partial charge in [0, 0.05) is 17.2 Å². The Labute approximate surface area is 117 Å². The van der Waals surface area contributed by atoms with Crippen molar-refractivity contribution in [3.8, 4) is 11.5 Å². The van der Waals surface area contributed by atoms with Gasteiger partial charge in [-0.3, -0.25) is 4.79 Å². The van der Waals surface area contributed by atoms with Crippen LogP contribution in [0.2, 0.25) is 0 Å². The Kier molecular flexibility index (Phi) is 3.06. The van der Waals surface area contributed by atoms with Gasteiger partial charge in [0.1, 0.15) is 11.5 Å². The molecule has 0 aromatic heterocycles. The number of hydrogen-bond acceptors (Lipinski definition) is 4. The first kappa shape index (κ1) is 12.5. The van der Waals surface area contributed by atoms with Gasteiger partial charge in [0.05, 0.1) is 13.5 Å². The van der Waals surface area contributed by atoms with Crippen LogP contribution in [0.5, 0.6) is 11.5 Å². The maximum absolute atomic E-state index is 11.7. The van der Waals surface area contributed by atoms with Crippen LogP contribution in [0.1, 0.15) is 23.5 Å². The first-order chi connectivity index (χ1) is 9.67. The molecule has 20 heavy (non-hydrogen) atoms. The van der Waals surface area contributed by atoms with Crippen molar-refractivity contribution in [1.29, 1.82) is 0 Å². The van der Waals surface area contributed by atoms with Crippen molar-refractivity contribution in [3.63, 3.8) is 0 Å². The van der Waals surface area contributed by atoms with Gasteiger partial charge in [0.25, 0.3) is 0 Å². The molecule has 1 heterocycles. The van der Waals surface area contributed by atoms with Gasteiger partial charge in [-0.25, -0.2) is 0 Å². The predicted molar refractivity (Wildman–Crippen MR) is 75.9 cm³/mol. The number of esters is 1. The number of rotatable bonds is 2. The number of anilines is 1. The topological polar surface area (TPSA) is 61.5 Å². The Morgan fingerprint density at radius 3 is 2.65 bits per heavy atom. The standard InChI is InChI=1S/C16H15NO3/c1-19-12-5-2-10(3-6-12)13-9-16(18)20-15-7-4-11(17)8-14(13)15/h2-8,13H,9,17H2,1H3/t13-/m0/s1. The van der Waals surface area contributed by atoms with Crippen molar-refractivity contribution in [2.24, 2.45) is 0 Å². The fourth-order valence-corrected chi connectivity index (χ4v) is 2.51. The lowest BCUT2D eigenvalue weighted by atomic mass is 9.86. The van der Waals surface area contributed by atoms with Crippen molar-refractivity contribution < 1.29 is 14.3 Å². The van der Waals surface area contributed by atoms with E-state index < -0.39 is 0 Å². The molecule has 2 aromatic rings. The highest BCUT2D eigenvalue weighted by atomic mass is 16.5. The molecule has 3 rings (SSSR count). The van der Waals surface area contributed by atoms with Gasteiger partial charge in [-0.1, -0.05) is 12.1 Å². The molecule has 0 fully saturated rings. The summed E-state index contributed by atoms with van der Waals surface area (Å²) in [5, 5.41) is 0. The second-order valence-corrected chi connectivity index (χ2v) is 4.80. The summed E-state index contributed by atoms with van der Waals surface area (Å²) in [7, 11) is 1.63. The zero-order valence-corrected chi connectivity index (χ0v) is 11.1. The lowest BCUT2D eigenvalue weighted by Crippen LogP contribution is -2.21. The molecule has 0 saturated heterocycles. The zero-order chi connectivity index (χ0) is 14.1. The van der Waals surface area contributed by atoms with E-state index in [1.165, 1.54) is 0 Å². The summed E-state index contributed by atoms with van der Waals surface area (Å²) in [6.07, 6.45) is 0.322. The normalized spacial score (nSPS) is 17.2. The number of nitrogen functional groups attached to an aromatic ring is 1. The lowest BCUT2D eigenvalue weighted by molar-refractivity contribution is -0.135. The van der Waals surface area contributed by atoms with Crippen molar-refractivity contribution in [3.05, 3.63) is 53.6 Å². The van der Waals surface area contributed by atoms with E-state index in [0.29, 0.717) is 17.9 Å². The van der Waals surface area contributed by atoms with Crippen LogP contribution in [0.15, 0.2) is 42.5 Å². The van der Waals surface area contributed by atoms with Crippen LogP contribution >= 0.6 is 0 Å². The highest BCUT2D eigenvalue weighted by Crippen LogP contribution is 2.39. The monoisotopic (exact) mass is 269 g/mol. The molecule has 102 valence electrons. The van der Waals surface area contributed by atoms with Crippen LogP contribution in [-0.4, -0.2) is 13.1 Å². The van der Waals surface area contributed by atoms with Crippen molar-refractivity contribution in [1.82, 2.24) is 0 Å². The third-order valence-corrected chi connectivity index (χ3v) is 3.52. The largest absolute Gasteiger partial charge is 0.497 e. The smallest absolute Gasteiger partial charge is 0.312 e. The highest BCUT2D eigenvalue weighted by molar-refractivity contribution is 5.78. The number of benzene rings is 2. The average molecular weight is 269 g/mol. The van der Waals surface area contributed by atoms with Crippen LogP contribution in [0.3, 0.4) is 0 Å². The summed E-state index contributed by atoms with van der Waals surface area (Å²) in [6, 6.07) is 13.1. The molecule has 0 saturated carbocycles. The first-order valence-electron chi connectivity index (χ1n) is 6.41. The SMILES string of the molecule is COc1ccc([C@@H]2CC(=O)Oc3ccc(N)cc32)cc1. The van der Waals surface area contributed by atoms with Gasteiger partial charge >= 0.3 is 5.97 Å². The molecule has 0 amide bonds. The number of nitrogens with two attached hydrogens (primary N) is 1. The van der Waals surface area contributed by atoms with E-state index in [1.54, 1.807) is 19.2 Å². The van der Waals surface area contributed by atoms with Crippen molar-refractivity contribution >= 4 is 11.7 Å². The maximum atomic E-state index is 11.7. The van der Waals surface area contributed by atoms with Crippen LogP contribution in [0.25, 0.3) is 0 Å². The number of hydrogen-bond donors (Lipinski definition) is 1. The molecular formula is C16H15NO3. The fraction of sp³-hybridized carbons (Fsp3) is 0.188. The van der Waals surface area contributed by atoms with E-state index in [9.17, 15) is 4.79 Å². The highest BCUT2D eigenvalue weighted by Gasteiger charge is 2.28. The van der Waals surface area contributed by atoms with E-state index >= 15 is 0 Å². The molecule has 1 aliphatic rings. The first-order valence-corrected chi connectivity index (χ1v) is 6.41. The number of methoxy groups -OCH3 is 1. The van der Waals surface area contributed by atoms with E-state index in [4.69, 9.17) is 15.2 Å². The molecule has 4 heteroatoms. The Balaban J connectivity index is 2.04. The predicted octanol–water partition coefficient (Wildman–Crippen LogP) is 2.72. The molecule has 0 bridgehead atoms. The maximum Gasteiger partial charge on any atom is 0.312 e. The Morgan fingerprint density at radius 1 is 1.20 bits per heavy atom. The molecule has 1 aliphatic heterocycles. The summed E-state index contributed by atoms with van der Waals surface area (Å²) >= 11 is 0. The van der Waals surface area contributed by atoms with Crippen LogP contribution < -0.4 is 15.2 Å². The minimum absolute atomic E-state index is 0.0272. The van der Waals surface area contributed by atoms with E-state index in [-0.39, 0.29) is 11.9 Å². The molecule has 0 radical (unpaired) electrons. The summed E-state index contributed by atoms with van der Waals surface area (Å²) in [6.45, 7) is 0. The summed E-state index contributed by atoms with van der Waals surface area (Å²) < 4.78 is 10.4. The summed E-state index contributed by atoms with van der Waals surface area (Å²) in [5.74, 6) is 1.14. The van der Waals surface area contributed by atoms with Gasteiger partial charge in [-0.15, -0.1) is 0 Å². The molecule has 0 aliphatic carbocycles. The Hall–Kier alpha value is -2.49. The number of fused-ring (bicyclic) bond motifs is 1. The fourth-order valence-electron chi connectivity index (χ4n) is 2.51. The minimum atomic E-state index is -0.219. The lowest BCUT2D eigenvalue weighted by Gasteiger charge is -2.25. The molecule has 0 spiro atoms. The average Bonchev–Trinajstić information content (AvgIpc) is 2.47. The molecule has 4 nitrogen and oxygen atoms in total. The van der Waals surface area contributed by atoms with Gasteiger partial charge < -0.3 is 15.2 Å².